The Hall–Kier alpha value is -1.85. The van der Waals surface area contributed by atoms with Gasteiger partial charge >= 0.3 is 5.97 Å². The second kappa shape index (κ2) is 4.59. The second-order valence-corrected chi connectivity index (χ2v) is 3.05. The molecule has 0 saturated carbocycles. The third-order valence-corrected chi connectivity index (χ3v) is 1.97. The molecule has 0 spiro atoms. The van der Waals surface area contributed by atoms with Crippen LogP contribution < -0.4 is 5.32 Å². The van der Waals surface area contributed by atoms with E-state index in [2.05, 4.69) is 15.2 Å². The van der Waals surface area contributed by atoms with E-state index in [1.165, 1.54) is 7.11 Å². The van der Waals surface area contributed by atoms with E-state index in [9.17, 15) is 9.59 Å². The minimum atomic E-state index is -0.490. The van der Waals surface area contributed by atoms with Gasteiger partial charge in [0.05, 0.1) is 7.11 Å². The molecule has 0 saturated heterocycles. The van der Waals surface area contributed by atoms with Gasteiger partial charge in [0.1, 0.15) is 12.2 Å². The van der Waals surface area contributed by atoms with Crippen molar-refractivity contribution in [2.45, 2.75) is 6.92 Å². The standard InChI is InChI=1S/C9H13N3O3/c1-6-4-7(11-12(6)2)9(14)10-5-8(13)15-3/h4H,5H2,1-3H3,(H,10,14). The Morgan fingerprint density at radius 2 is 2.27 bits per heavy atom. The lowest BCUT2D eigenvalue weighted by Gasteiger charge is -2.00. The minimum absolute atomic E-state index is 0.148. The van der Waals surface area contributed by atoms with Gasteiger partial charge in [0, 0.05) is 12.7 Å². The predicted molar refractivity (Wildman–Crippen MR) is 52.3 cm³/mol. The lowest BCUT2D eigenvalue weighted by Crippen LogP contribution is -2.30. The summed E-state index contributed by atoms with van der Waals surface area (Å²) in [6.07, 6.45) is 0. The first-order valence-corrected chi connectivity index (χ1v) is 4.40. The summed E-state index contributed by atoms with van der Waals surface area (Å²) in [6, 6.07) is 1.65. The molecule has 1 N–H and O–H groups in total. The molecule has 6 nitrogen and oxygen atoms in total. The number of nitrogens with one attached hydrogen (secondary N) is 1. The fourth-order valence-corrected chi connectivity index (χ4v) is 0.987. The molecule has 6 heteroatoms. The maximum atomic E-state index is 11.4. The fraction of sp³-hybridized carbons (Fsp3) is 0.444. The van der Waals surface area contributed by atoms with Gasteiger partial charge in [-0.3, -0.25) is 14.3 Å². The van der Waals surface area contributed by atoms with Crippen LogP contribution >= 0.6 is 0 Å². The average Bonchev–Trinajstić information content (AvgIpc) is 2.55. The smallest absolute Gasteiger partial charge is 0.325 e. The molecule has 1 heterocycles. The lowest BCUT2D eigenvalue weighted by molar-refractivity contribution is -0.139. The van der Waals surface area contributed by atoms with E-state index in [0.717, 1.165) is 5.69 Å². The van der Waals surface area contributed by atoms with E-state index in [0.29, 0.717) is 5.69 Å². The van der Waals surface area contributed by atoms with E-state index in [-0.39, 0.29) is 12.5 Å². The number of amides is 1. The van der Waals surface area contributed by atoms with Gasteiger partial charge in [0.15, 0.2) is 0 Å². The van der Waals surface area contributed by atoms with Crippen molar-refractivity contribution in [2.24, 2.45) is 7.05 Å². The lowest BCUT2D eigenvalue weighted by atomic mass is 10.3. The zero-order valence-corrected chi connectivity index (χ0v) is 8.90. The molecule has 0 aliphatic rings. The van der Waals surface area contributed by atoms with Crippen molar-refractivity contribution >= 4 is 11.9 Å². The number of esters is 1. The van der Waals surface area contributed by atoms with Crippen LogP contribution in [0.5, 0.6) is 0 Å². The van der Waals surface area contributed by atoms with Gasteiger partial charge in [-0.25, -0.2) is 0 Å². The van der Waals surface area contributed by atoms with Crippen LogP contribution in [0.4, 0.5) is 0 Å². The number of carbonyl (C=O) groups excluding carboxylic acids is 2. The summed E-state index contributed by atoms with van der Waals surface area (Å²) in [4.78, 5) is 22.2. The summed E-state index contributed by atoms with van der Waals surface area (Å²) in [6.45, 7) is 1.69. The van der Waals surface area contributed by atoms with Crippen molar-refractivity contribution in [2.75, 3.05) is 13.7 Å². The molecule has 0 fully saturated rings. The average molecular weight is 211 g/mol. The zero-order chi connectivity index (χ0) is 11.4. The van der Waals surface area contributed by atoms with Crippen LogP contribution in [0.25, 0.3) is 0 Å². The number of rotatable bonds is 3. The molecule has 15 heavy (non-hydrogen) atoms. The Morgan fingerprint density at radius 1 is 1.60 bits per heavy atom. The minimum Gasteiger partial charge on any atom is -0.468 e. The van der Waals surface area contributed by atoms with E-state index in [1.807, 2.05) is 6.92 Å². The Kier molecular flexibility index (Phi) is 3.43. The number of aromatic nitrogens is 2. The second-order valence-electron chi connectivity index (χ2n) is 3.05. The molecule has 1 aromatic rings. The first-order chi connectivity index (χ1) is 7.04. The van der Waals surface area contributed by atoms with Gasteiger partial charge in [-0.15, -0.1) is 0 Å². The van der Waals surface area contributed by atoms with E-state index in [4.69, 9.17) is 0 Å². The van der Waals surface area contributed by atoms with Crippen LogP contribution in [0.3, 0.4) is 0 Å². The summed E-state index contributed by atoms with van der Waals surface area (Å²) in [5.41, 5.74) is 1.16. The number of carbonyl (C=O) groups is 2. The van der Waals surface area contributed by atoms with Crippen LogP contribution in [0.2, 0.25) is 0 Å². The number of hydrogen-bond donors (Lipinski definition) is 1. The van der Waals surface area contributed by atoms with Crippen LogP contribution in [0.15, 0.2) is 6.07 Å². The monoisotopic (exact) mass is 211 g/mol. The number of methoxy groups -OCH3 is 1. The maximum Gasteiger partial charge on any atom is 0.325 e. The molecule has 0 bridgehead atoms. The molecule has 0 aliphatic carbocycles. The van der Waals surface area contributed by atoms with Gasteiger partial charge in [0.2, 0.25) is 0 Å². The molecule has 0 atom stereocenters. The highest BCUT2D eigenvalue weighted by Crippen LogP contribution is 2.00. The quantitative estimate of drug-likeness (QED) is 0.692. The van der Waals surface area contributed by atoms with E-state index in [1.54, 1.807) is 17.8 Å². The topological polar surface area (TPSA) is 73.2 Å². The van der Waals surface area contributed by atoms with Gasteiger partial charge in [-0.2, -0.15) is 5.10 Å². The Morgan fingerprint density at radius 3 is 2.73 bits per heavy atom. The predicted octanol–water partition coefficient (Wildman–Crippen LogP) is -0.369. The van der Waals surface area contributed by atoms with Gasteiger partial charge < -0.3 is 10.1 Å². The number of aryl methyl sites for hydroxylation is 2. The molecule has 0 unspecified atom stereocenters. The number of nitrogens with zero attached hydrogens (tertiary/aromatic N) is 2. The molecule has 1 amide bonds. The molecule has 1 aromatic heterocycles. The first-order valence-electron chi connectivity index (χ1n) is 4.40. The molecule has 82 valence electrons. The van der Waals surface area contributed by atoms with Crippen molar-refractivity contribution in [3.8, 4) is 0 Å². The van der Waals surface area contributed by atoms with E-state index >= 15 is 0 Å². The molecule has 0 aromatic carbocycles. The SMILES string of the molecule is COC(=O)CNC(=O)c1cc(C)n(C)n1. The van der Waals surface area contributed by atoms with Crippen molar-refractivity contribution < 1.29 is 14.3 Å². The van der Waals surface area contributed by atoms with E-state index < -0.39 is 5.97 Å². The van der Waals surface area contributed by atoms with Gasteiger partial charge in [0.25, 0.3) is 5.91 Å². The Bertz CT molecular complexity index is 364. The number of hydrogen-bond acceptors (Lipinski definition) is 4. The highest BCUT2D eigenvalue weighted by atomic mass is 16.5. The third kappa shape index (κ3) is 2.80. The molecular weight excluding hydrogens is 198 g/mol. The normalized spacial score (nSPS) is 9.80. The van der Waals surface area contributed by atoms with Crippen molar-refractivity contribution in [3.63, 3.8) is 0 Å². The summed E-state index contributed by atoms with van der Waals surface area (Å²) < 4.78 is 5.98. The van der Waals surface area contributed by atoms with Crippen molar-refractivity contribution in [3.05, 3.63) is 17.5 Å². The van der Waals surface area contributed by atoms with Crippen LogP contribution in [-0.4, -0.2) is 35.3 Å². The highest BCUT2D eigenvalue weighted by molar-refractivity contribution is 5.94. The Balaban J connectivity index is 2.58. The molecule has 0 aliphatic heterocycles. The van der Waals surface area contributed by atoms with Crippen molar-refractivity contribution in [1.82, 2.24) is 15.1 Å². The van der Waals surface area contributed by atoms with Gasteiger partial charge in [-0.05, 0) is 13.0 Å². The highest BCUT2D eigenvalue weighted by Gasteiger charge is 2.11. The zero-order valence-electron chi connectivity index (χ0n) is 8.90. The third-order valence-electron chi connectivity index (χ3n) is 1.97. The summed E-state index contributed by atoms with van der Waals surface area (Å²) >= 11 is 0. The van der Waals surface area contributed by atoms with Crippen LogP contribution in [0.1, 0.15) is 16.2 Å². The van der Waals surface area contributed by atoms with Crippen LogP contribution in [0, 0.1) is 6.92 Å². The van der Waals surface area contributed by atoms with Crippen LogP contribution in [-0.2, 0) is 16.6 Å². The molecule has 1 rings (SSSR count). The summed E-state index contributed by atoms with van der Waals surface area (Å²) in [5.74, 6) is -0.875. The largest absolute Gasteiger partial charge is 0.468 e. The molecule has 0 radical (unpaired) electrons. The maximum absolute atomic E-state index is 11.4. The Labute approximate surface area is 87.2 Å². The number of ether oxygens (including phenoxy) is 1. The van der Waals surface area contributed by atoms with Crippen molar-refractivity contribution in [1.29, 1.82) is 0 Å². The van der Waals surface area contributed by atoms with Gasteiger partial charge in [-0.1, -0.05) is 0 Å². The summed E-state index contributed by atoms with van der Waals surface area (Å²) in [7, 11) is 3.01. The summed E-state index contributed by atoms with van der Waals surface area (Å²) in [5, 5.41) is 6.37. The molecular formula is C9H13N3O3. The fourth-order valence-electron chi connectivity index (χ4n) is 0.987. The first kappa shape index (κ1) is 11.2.